The highest BCUT2D eigenvalue weighted by Gasteiger charge is 2.18. The maximum Gasteiger partial charge on any atom is 0.358 e. The van der Waals surface area contributed by atoms with Crippen molar-refractivity contribution in [3.63, 3.8) is 0 Å². The van der Waals surface area contributed by atoms with Crippen molar-refractivity contribution in [2.24, 2.45) is 0 Å². The Labute approximate surface area is 140 Å². The summed E-state index contributed by atoms with van der Waals surface area (Å²) < 4.78 is 12.6. The number of nitriles is 1. The third kappa shape index (κ3) is 3.40. The summed E-state index contributed by atoms with van der Waals surface area (Å²) in [6.45, 7) is 2.05. The lowest BCUT2D eigenvalue weighted by molar-refractivity contribution is 0.0520. The van der Waals surface area contributed by atoms with Gasteiger partial charge in [0.25, 0.3) is 0 Å². The van der Waals surface area contributed by atoms with Crippen LogP contribution < -0.4 is 4.74 Å². The molecule has 0 N–H and O–H groups in total. The fraction of sp³-hybridized carbons (Fsp3) is 0.389. The number of carbonyl (C=O) groups excluding carboxylic acids is 1. The van der Waals surface area contributed by atoms with Gasteiger partial charge in [-0.15, -0.1) is 0 Å². The first-order valence-corrected chi connectivity index (χ1v) is 8.13. The molecular formula is C18H19N3O3. The van der Waals surface area contributed by atoms with E-state index in [9.17, 15) is 10.1 Å². The minimum atomic E-state index is -0.460. The molecular weight excluding hydrogens is 306 g/mol. The van der Waals surface area contributed by atoms with Gasteiger partial charge in [0.2, 0.25) is 0 Å². The summed E-state index contributed by atoms with van der Waals surface area (Å²) in [6.07, 6.45) is 7.75. The van der Waals surface area contributed by atoms with Crippen molar-refractivity contribution in [2.75, 3.05) is 6.61 Å². The Morgan fingerprint density at radius 1 is 1.42 bits per heavy atom. The van der Waals surface area contributed by atoms with Crippen molar-refractivity contribution in [3.05, 3.63) is 42.0 Å². The summed E-state index contributed by atoms with van der Waals surface area (Å²) in [7, 11) is 0. The zero-order valence-corrected chi connectivity index (χ0v) is 13.6. The van der Waals surface area contributed by atoms with Crippen molar-refractivity contribution in [1.29, 1.82) is 5.26 Å². The number of hydrogen-bond donors (Lipinski definition) is 0. The normalized spacial score (nSPS) is 14.3. The van der Waals surface area contributed by atoms with Gasteiger partial charge >= 0.3 is 5.97 Å². The van der Waals surface area contributed by atoms with E-state index in [2.05, 4.69) is 11.1 Å². The highest BCUT2D eigenvalue weighted by molar-refractivity contribution is 5.87. The van der Waals surface area contributed by atoms with E-state index in [0.29, 0.717) is 17.9 Å². The molecule has 6 nitrogen and oxygen atoms in total. The largest absolute Gasteiger partial charge is 0.489 e. The van der Waals surface area contributed by atoms with Crippen LogP contribution in [0.4, 0.5) is 0 Å². The second kappa shape index (κ2) is 7.18. The summed E-state index contributed by atoms with van der Waals surface area (Å²) in [5.41, 5.74) is 1.46. The van der Waals surface area contributed by atoms with E-state index in [4.69, 9.17) is 9.47 Å². The molecule has 0 unspecified atom stereocenters. The third-order valence-electron chi connectivity index (χ3n) is 4.04. The van der Waals surface area contributed by atoms with E-state index in [1.54, 1.807) is 29.8 Å². The molecule has 0 amide bonds. The van der Waals surface area contributed by atoms with Crippen molar-refractivity contribution in [1.82, 2.24) is 9.55 Å². The summed E-state index contributed by atoms with van der Waals surface area (Å²) in [6, 6.07) is 7.57. The quantitative estimate of drug-likeness (QED) is 0.789. The molecule has 24 heavy (non-hydrogen) atoms. The first kappa shape index (κ1) is 16.1. The molecule has 0 bridgehead atoms. The van der Waals surface area contributed by atoms with Crippen LogP contribution in [0.25, 0.3) is 5.69 Å². The minimum absolute atomic E-state index is 0.201. The van der Waals surface area contributed by atoms with E-state index in [-0.39, 0.29) is 11.8 Å². The first-order chi connectivity index (χ1) is 11.7. The maximum atomic E-state index is 11.7. The standard InChI is InChI=1S/C18H19N3O3/c1-2-23-18(22)16-11-21(12-20-16)14-7-8-17(13(9-14)10-19)24-15-5-3-4-6-15/h7-9,11-12,15H,2-6H2,1H3. The molecule has 0 aliphatic heterocycles. The Kier molecular flexibility index (Phi) is 4.80. The van der Waals surface area contributed by atoms with Crippen LogP contribution in [0.2, 0.25) is 0 Å². The molecule has 3 rings (SSSR count). The maximum absolute atomic E-state index is 11.7. The van der Waals surface area contributed by atoms with Gasteiger partial charge in [0.15, 0.2) is 5.69 Å². The van der Waals surface area contributed by atoms with E-state index in [1.165, 1.54) is 19.2 Å². The zero-order chi connectivity index (χ0) is 16.9. The Balaban J connectivity index is 1.81. The number of esters is 1. The number of ether oxygens (including phenoxy) is 2. The van der Waals surface area contributed by atoms with Gasteiger partial charge in [0, 0.05) is 11.9 Å². The number of benzene rings is 1. The Morgan fingerprint density at radius 3 is 2.92 bits per heavy atom. The number of aromatic nitrogens is 2. The van der Waals surface area contributed by atoms with Crippen LogP contribution in [-0.4, -0.2) is 28.2 Å². The van der Waals surface area contributed by atoms with Crippen LogP contribution in [0.5, 0.6) is 5.75 Å². The average molecular weight is 325 g/mol. The highest BCUT2D eigenvalue weighted by atomic mass is 16.5. The van der Waals surface area contributed by atoms with Gasteiger partial charge in [-0.25, -0.2) is 9.78 Å². The first-order valence-electron chi connectivity index (χ1n) is 8.13. The van der Waals surface area contributed by atoms with Crippen molar-refractivity contribution in [3.8, 4) is 17.5 Å². The van der Waals surface area contributed by atoms with Crippen LogP contribution in [-0.2, 0) is 4.74 Å². The number of hydrogen-bond acceptors (Lipinski definition) is 5. The molecule has 0 radical (unpaired) electrons. The molecule has 1 fully saturated rings. The second-order valence-electron chi connectivity index (χ2n) is 5.70. The van der Waals surface area contributed by atoms with Gasteiger partial charge in [-0.1, -0.05) is 0 Å². The predicted octanol–water partition coefficient (Wildman–Crippen LogP) is 3.24. The van der Waals surface area contributed by atoms with E-state index in [0.717, 1.165) is 18.5 Å². The predicted molar refractivity (Wildman–Crippen MR) is 87.1 cm³/mol. The molecule has 1 aromatic heterocycles. The lowest BCUT2D eigenvalue weighted by Gasteiger charge is -2.15. The highest BCUT2D eigenvalue weighted by Crippen LogP contribution is 2.28. The van der Waals surface area contributed by atoms with Gasteiger partial charge < -0.3 is 14.0 Å². The van der Waals surface area contributed by atoms with Crippen LogP contribution in [0.15, 0.2) is 30.7 Å². The van der Waals surface area contributed by atoms with Gasteiger partial charge in [-0.05, 0) is 50.8 Å². The average Bonchev–Trinajstić information content (AvgIpc) is 3.27. The molecule has 124 valence electrons. The van der Waals surface area contributed by atoms with Gasteiger partial charge in [-0.2, -0.15) is 5.26 Å². The van der Waals surface area contributed by atoms with Crippen molar-refractivity contribution < 1.29 is 14.3 Å². The van der Waals surface area contributed by atoms with Crippen LogP contribution in [0.1, 0.15) is 48.7 Å². The van der Waals surface area contributed by atoms with E-state index >= 15 is 0 Å². The molecule has 6 heteroatoms. The van der Waals surface area contributed by atoms with Crippen molar-refractivity contribution in [2.45, 2.75) is 38.7 Å². The minimum Gasteiger partial charge on any atom is -0.489 e. The lowest BCUT2D eigenvalue weighted by atomic mass is 10.2. The summed E-state index contributed by atoms with van der Waals surface area (Å²) in [5.74, 6) is 0.150. The molecule has 1 aliphatic rings. The van der Waals surface area contributed by atoms with Gasteiger partial charge in [0.1, 0.15) is 18.1 Å². The smallest absolute Gasteiger partial charge is 0.358 e. The van der Waals surface area contributed by atoms with Crippen LogP contribution in [0.3, 0.4) is 0 Å². The third-order valence-corrected chi connectivity index (χ3v) is 4.04. The van der Waals surface area contributed by atoms with Crippen molar-refractivity contribution >= 4 is 5.97 Å². The monoisotopic (exact) mass is 325 g/mol. The summed E-state index contributed by atoms with van der Waals surface area (Å²) >= 11 is 0. The fourth-order valence-electron chi connectivity index (χ4n) is 2.83. The fourth-order valence-corrected chi connectivity index (χ4v) is 2.83. The molecule has 1 aromatic carbocycles. The number of nitrogens with zero attached hydrogens (tertiary/aromatic N) is 3. The molecule has 2 aromatic rings. The van der Waals surface area contributed by atoms with Crippen LogP contribution in [0, 0.1) is 11.3 Å². The number of imidazole rings is 1. The summed E-state index contributed by atoms with van der Waals surface area (Å²) in [5, 5.41) is 9.40. The second-order valence-corrected chi connectivity index (χ2v) is 5.70. The number of carbonyl (C=O) groups is 1. The van der Waals surface area contributed by atoms with E-state index < -0.39 is 5.97 Å². The summed E-state index contributed by atoms with van der Waals surface area (Å²) in [4.78, 5) is 15.7. The molecule has 1 heterocycles. The number of rotatable bonds is 5. The lowest BCUT2D eigenvalue weighted by Crippen LogP contribution is -2.11. The van der Waals surface area contributed by atoms with Crippen LogP contribution >= 0.6 is 0 Å². The van der Waals surface area contributed by atoms with Gasteiger partial charge in [-0.3, -0.25) is 0 Å². The molecule has 1 saturated carbocycles. The zero-order valence-electron chi connectivity index (χ0n) is 13.6. The molecule has 0 saturated heterocycles. The topological polar surface area (TPSA) is 77.1 Å². The molecule has 0 spiro atoms. The molecule has 0 atom stereocenters. The Bertz CT molecular complexity index is 770. The Hall–Kier alpha value is -2.81. The molecule has 1 aliphatic carbocycles. The van der Waals surface area contributed by atoms with Gasteiger partial charge in [0.05, 0.1) is 18.3 Å². The van der Waals surface area contributed by atoms with E-state index in [1.807, 2.05) is 6.07 Å². The Morgan fingerprint density at radius 2 is 2.21 bits per heavy atom. The SMILES string of the molecule is CCOC(=O)c1cn(-c2ccc(OC3CCCC3)c(C#N)c2)cn1.